The third-order valence-electron chi connectivity index (χ3n) is 1.85. The average Bonchev–Trinajstić information content (AvgIpc) is 2.28. The highest BCUT2D eigenvalue weighted by Gasteiger charge is 1.95. The van der Waals surface area contributed by atoms with Gasteiger partial charge in [-0.05, 0) is 30.7 Å². The van der Waals surface area contributed by atoms with E-state index >= 15 is 0 Å². The van der Waals surface area contributed by atoms with Gasteiger partial charge in [0, 0.05) is 7.11 Å². The molecule has 0 N–H and O–H groups in total. The van der Waals surface area contributed by atoms with Crippen LogP contribution in [0.15, 0.2) is 24.3 Å². The summed E-state index contributed by atoms with van der Waals surface area (Å²) in [5.41, 5.74) is 0. The van der Waals surface area contributed by atoms with Crippen LogP contribution in [-0.4, -0.2) is 26.9 Å². The second-order valence-corrected chi connectivity index (χ2v) is 3.16. The highest BCUT2D eigenvalue weighted by molar-refractivity contribution is 5.31. The van der Waals surface area contributed by atoms with Crippen molar-refractivity contribution in [2.45, 2.75) is 13.3 Å². The fourth-order valence-electron chi connectivity index (χ4n) is 1.09. The van der Waals surface area contributed by atoms with Crippen LogP contribution in [0.25, 0.3) is 0 Å². The molecular weight excluding hydrogens is 192 g/mol. The predicted molar refractivity (Wildman–Crippen MR) is 59.6 cm³/mol. The molecule has 3 heteroatoms. The summed E-state index contributed by atoms with van der Waals surface area (Å²) in [6, 6.07) is 7.64. The highest BCUT2D eigenvalue weighted by Crippen LogP contribution is 2.17. The molecule has 0 aliphatic heterocycles. The lowest BCUT2D eigenvalue weighted by atomic mass is 10.3. The van der Waals surface area contributed by atoms with E-state index in [2.05, 4.69) is 6.92 Å². The number of rotatable bonds is 7. The van der Waals surface area contributed by atoms with Crippen molar-refractivity contribution in [1.29, 1.82) is 0 Å². The topological polar surface area (TPSA) is 27.7 Å². The molecule has 84 valence electrons. The van der Waals surface area contributed by atoms with Crippen LogP contribution in [0.3, 0.4) is 0 Å². The summed E-state index contributed by atoms with van der Waals surface area (Å²) in [6.07, 6.45) is 1.02. The lowest BCUT2D eigenvalue weighted by Gasteiger charge is -2.07. The molecule has 0 bridgehead atoms. The molecule has 0 saturated heterocycles. The van der Waals surface area contributed by atoms with E-state index < -0.39 is 0 Å². The Hall–Kier alpha value is -1.22. The first-order valence-corrected chi connectivity index (χ1v) is 5.21. The minimum Gasteiger partial charge on any atom is -0.494 e. The van der Waals surface area contributed by atoms with Crippen molar-refractivity contribution >= 4 is 0 Å². The van der Waals surface area contributed by atoms with Crippen LogP contribution < -0.4 is 9.47 Å². The molecule has 0 aliphatic carbocycles. The monoisotopic (exact) mass is 210 g/mol. The Kier molecular flexibility index (Phi) is 5.63. The van der Waals surface area contributed by atoms with Gasteiger partial charge in [-0.2, -0.15) is 0 Å². The van der Waals surface area contributed by atoms with Crippen molar-refractivity contribution in [1.82, 2.24) is 0 Å². The molecule has 0 aromatic heterocycles. The van der Waals surface area contributed by atoms with Crippen molar-refractivity contribution in [3.63, 3.8) is 0 Å². The van der Waals surface area contributed by atoms with E-state index in [-0.39, 0.29) is 0 Å². The molecule has 0 atom stereocenters. The van der Waals surface area contributed by atoms with E-state index in [0.717, 1.165) is 24.5 Å². The number of methoxy groups -OCH3 is 1. The Balaban J connectivity index is 2.35. The van der Waals surface area contributed by atoms with Gasteiger partial charge in [0.25, 0.3) is 0 Å². The second kappa shape index (κ2) is 7.12. The van der Waals surface area contributed by atoms with Crippen LogP contribution in [0.4, 0.5) is 0 Å². The van der Waals surface area contributed by atoms with Gasteiger partial charge in [0.2, 0.25) is 0 Å². The van der Waals surface area contributed by atoms with E-state index in [4.69, 9.17) is 14.2 Å². The molecule has 0 amide bonds. The van der Waals surface area contributed by atoms with Crippen LogP contribution >= 0.6 is 0 Å². The van der Waals surface area contributed by atoms with Gasteiger partial charge >= 0.3 is 0 Å². The van der Waals surface area contributed by atoms with Crippen molar-refractivity contribution in [2.75, 3.05) is 26.9 Å². The Morgan fingerprint density at radius 1 is 0.867 bits per heavy atom. The molecule has 0 radical (unpaired) electrons. The number of ether oxygens (including phenoxy) is 3. The Morgan fingerprint density at radius 3 is 1.87 bits per heavy atom. The summed E-state index contributed by atoms with van der Waals surface area (Å²) in [5, 5.41) is 0. The maximum absolute atomic E-state index is 5.46. The summed E-state index contributed by atoms with van der Waals surface area (Å²) in [6.45, 7) is 4.02. The van der Waals surface area contributed by atoms with Crippen molar-refractivity contribution < 1.29 is 14.2 Å². The van der Waals surface area contributed by atoms with E-state index in [1.54, 1.807) is 7.11 Å². The summed E-state index contributed by atoms with van der Waals surface area (Å²) < 4.78 is 15.8. The van der Waals surface area contributed by atoms with Gasteiger partial charge in [0.05, 0.1) is 13.2 Å². The smallest absolute Gasteiger partial charge is 0.119 e. The van der Waals surface area contributed by atoms with Crippen LogP contribution in [0.1, 0.15) is 13.3 Å². The fourth-order valence-corrected chi connectivity index (χ4v) is 1.09. The maximum Gasteiger partial charge on any atom is 0.119 e. The maximum atomic E-state index is 5.46. The zero-order valence-electron chi connectivity index (χ0n) is 9.36. The number of hydrogen-bond donors (Lipinski definition) is 0. The SMILES string of the molecule is CCCOc1ccc(OCCOC)cc1. The van der Waals surface area contributed by atoms with Gasteiger partial charge in [0.15, 0.2) is 0 Å². The van der Waals surface area contributed by atoms with Gasteiger partial charge in [0.1, 0.15) is 18.1 Å². The number of hydrogen-bond acceptors (Lipinski definition) is 3. The molecule has 15 heavy (non-hydrogen) atoms. The summed E-state index contributed by atoms with van der Waals surface area (Å²) >= 11 is 0. The van der Waals surface area contributed by atoms with E-state index in [1.165, 1.54) is 0 Å². The quantitative estimate of drug-likeness (QED) is 0.647. The molecule has 1 aromatic rings. The zero-order chi connectivity index (χ0) is 10.9. The molecule has 1 aromatic carbocycles. The van der Waals surface area contributed by atoms with Crippen molar-refractivity contribution in [2.24, 2.45) is 0 Å². The molecular formula is C12H18O3. The van der Waals surface area contributed by atoms with E-state index in [0.29, 0.717) is 13.2 Å². The van der Waals surface area contributed by atoms with Gasteiger partial charge in [-0.25, -0.2) is 0 Å². The van der Waals surface area contributed by atoms with Crippen LogP contribution in [0, 0.1) is 0 Å². The van der Waals surface area contributed by atoms with Gasteiger partial charge in [-0.15, -0.1) is 0 Å². The Morgan fingerprint density at radius 2 is 1.40 bits per heavy atom. The van der Waals surface area contributed by atoms with Gasteiger partial charge in [-0.3, -0.25) is 0 Å². The van der Waals surface area contributed by atoms with Crippen LogP contribution in [0.2, 0.25) is 0 Å². The Bertz CT molecular complexity index is 256. The lowest BCUT2D eigenvalue weighted by molar-refractivity contribution is 0.146. The van der Waals surface area contributed by atoms with Crippen LogP contribution in [0.5, 0.6) is 11.5 Å². The van der Waals surface area contributed by atoms with Crippen LogP contribution in [-0.2, 0) is 4.74 Å². The normalized spacial score (nSPS) is 10.0. The molecule has 0 fully saturated rings. The minimum absolute atomic E-state index is 0.575. The fraction of sp³-hybridized carbons (Fsp3) is 0.500. The summed E-state index contributed by atoms with van der Waals surface area (Å²) in [5.74, 6) is 1.73. The molecule has 0 unspecified atom stereocenters. The first kappa shape index (κ1) is 11.9. The van der Waals surface area contributed by atoms with E-state index in [9.17, 15) is 0 Å². The van der Waals surface area contributed by atoms with Crippen molar-refractivity contribution in [3.8, 4) is 11.5 Å². The zero-order valence-corrected chi connectivity index (χ0v) is 9.36. The second-order valence-electron chi connectivity index (χ2n) is 3.16. The van der Waals surface area contributed by atoms with Crippen molar-refractivity contribution in [3.05, 3.63) is 24.3 Å². The first-order valence-electron chi connectivity index (χ1n) is 5.21. The molecule has 0 spiro atoms. The summed E-state index contributed by atoms with van der Waals surface area (Å²) in [4.78, 5) is 0. The van der Waals surface area contributed by atoms with E-state index in [1.807, 2.05) is 24.3 Å². The molecule has 0 aliphatic rings. The van der Waals surface area contributed by atoms with Gasteiger partial charge < -0.3 is 14.2 Å². The third kappa shape index (κ3) is 4.70. The highest BCUT2D eigenvalue weighted by atomic mass is 16.5. The molecule has 1 rings (SSSR count). The first-order chi connectivity index (χ1) is 7.36. The lowest BCUT2D eigenvalue weighted by Crippen LogP contribution is -2.04. The Labute approximate surface area is 91.0 Å². The predicted octanol–water partition coefficient (Wildman–Crippen LogP) is 2.50. The van der Waals surface area contributed by atoms with Gasteiger partial charge in [-0.1, -0.05) is 6.92 Å². The molecule has 0 saturated carbocycles. The largest absolute Gasteiger partial charge is 0.494 e. The summed E-state index contributed by atoms with van der Waals surface area (Å²) in [7, 11) is 1.66. The molecule has 0 heterocycles. The average molecular weight is 210 g/mol. The standard InChI is InChI=1S/C12H18O3/c1-3-8-14-11-4-6-12(7-5-11)15-10-9-13-2/h4-7H,3,8-10H2,1-2H3. The third-order valence-corrected chi connectivity index (χ3v) is 1.85. The minimum atomic E-state index is 0.575. The molecule has 3 nitrogen and oxygen atoms in total. The number of benzene rings is 1.